The first-order valence-corrected chi connectivity index (χ1v) is 7.82. The molecule has 0 saturated heterocycles. The van der Waals surface area contributed by atoms with E-state index in [1.54, 1.807) is 12.2 Å². The van der Waals surface area contributed by atoms with Gasteiger partial charge in [0.05, 0.1) is 11.8 Å². The van der Waals surface area contributed by atoms with E-state index in [9.17, 15) is 22.8 Å². The summed E-state index contributed by atoms with van der Waals surface area (Å²) in [4.78, 5) is 0. The molecule has 132 valence electrons. The van der Waals surface area contributed by atoms with E-state index >= 15 is 0 Å². The summed E-state index contributed by atoms with van der Waals surface area (Å²) in [6.07, 6.45) is 3.30. The Morgan fingerprint density at radius 2 is 1.65 bits per heavy atom. The van der Waals surface area contributed by atoms with Crippen LogP contribution < -0.4 is 5.01 Å². The molecule has 3 rings (SSSR count). The molecule has 0 radical (unpaired) electrons. The molecule has 0 aromatic heterocycles. The fourth-order valence-electron chi connectivity index (χ4n) is 2.49. The minimum absolute atomic E-state index is 0.0323. The SMILES string of the molecule is N#CC1CC(C=Cc2ccccc2)=NN1c1c(F)c(F)c(Cl)c(F)c1F. The number of anilines is 1. The summed E-state index contributed by atoms with van der Waals surface area (Å²) in [5.74, 6) is -6.88. The molecule has 3 nitrogen and oxygen atoms in total. The summed E-state index contributed by atoms with van der Waals surface area (Å²) >= 11 is 5.22. The van der Waals surface area contributed by atoms with Gasteiger partial charge in [0.1, 0.15) is 16.8 Å². The molecule has 1 unspecified atom stereocenters. The highest BCUT2D eigenvalue weighted by molar-refractivity contribution is 6.31. The summed E-state index contributed by atoms with van der Waals surface area (Å²) in [5.41, 5.74) is 0.0946. The molecule has 0 fully saturated rings. The van der Waals surface area contributed by atoms with Crippen LogP contribution in [0, 0.1) is 34.6 Å². The molecule has 2 aromatic rings. The van der Waals surface area contributed by atoms with Crippen molar-refractivity contribution in [3.8, 4) is 6.07 Å². The van der Waals surface area contributed by atoms with Gasteiger partial charge < -0.3 is 0 Å². The topological polar surface area (TPSA) is 39.4 Å². The number of rotatable bonds is 3. The van der Waals surface area contributed by atoms with E-state index in [-0.39, 0.29) is 6.42 Å². The number of allylic oxidation sites excluding steroid dienone is 1. The smallest absolute Gasteiger partial charge is 0.188 e. The Bertz CT molecular complexity index is 922. The van der Waals surface area contributed by atoms with Crippen molar-refractivity contribution >= 4 is 29.1 Å². The van der Waals surface area contributed by atoms with Crippen LogP contribution in [0.1, 0.15) is 12.0 Å². The van der Waals surface area contributed by atoms with Gasteiger partial charge in [0.2, 0.25) is 0 Å². The monoisotopic (exact) mass is 379 g/mol. The highest BCUT2D eigenvalue weighted by atomic mass is 35.5. The summed E-state index contributed by atoms with van der Waals surface area (Å²) < 4.78 is 55.7. The van der Waals surface area contributed by atoms with Crippen LogP contribution in [0.25, 0.3) is 6.08 Å². The van der Waals surface area contributed by atoms with Gasteiger partial charge in [-0.1, -0.05) is 48.0 Å². The van der Waals surface area contributed by atoms with Gasteiger partial charge in [0.25, 0.3) is 0 Å². The number of hydrogen-bond acceptors (Lipinski definition) is 3. The van der Waals surface area contributed by atoms with Crippen LogP contribution in [0.15, 0.2) is 41.5 Å². The maximum absolute atomic E-state index is 14.1. The number of nitrogens with zero attached hydrogens (tertiary/aromatic N) is 3. The van der Waals surface area contributed by atoms with Crippen molar-refractivity contribution in [2.24, 2.45) is 5.10 Å². The van der Waals surface area contributed by atoms with E-state index in [0.29, 0.717) is 10.7 Å². The van der Waals surface area contributed by atoms with E-state index in [0.717, 1.165) is 5.56 Å². The highest BCUT2D eigenvalue weighted by Crippen LogP contribution is 2.36. The fraction of sp³-hybridized carbons (Fsp3) is 0.111. The van der Waals surface area contributed by atoms with Gasteiger partial charge in [0.15, 0.2) is 23.3 Å². The van der Waals surface area contributed by atoms with Crippen LogP contribution in [-0.2, 0) is 0 Å². The first-order valence-electron chi connectivity index (χ1n) is 7.45. The first-order chi connectivity index (χ1) is 12.4. The number of halogens is 5. The molecule has 0 bridgehead atoms. The van der Waals surface area contributed by atoms with Crippen LogP contribution in [0.4, 0.5) is 23.2 Å². The third-order valence-electron chi connectivity index (χ3n) is 3.77. The molecule has 26 heavy (non-hydrogen) atoms. The Morgan fingerprint density at radius 1 is 1.04 bits per heavy atom. The molecule has 0 N–H and O–H groups in total. The second-order valence-electron chi connectivity index (χ2n) is 5.45. The van der Waals surface area contributed by atoms with Crippen LogP contribution in [0.2, 0.25) is 5.02 Å². The largest absolute Gasteiger partial charge is 0.241 e. The van der Waals surface area contributed by atoms with Crippen LogP contribution in [0.5, 0.6) is 0 Å². The van der Waals surface area contributed by atoms with Gasteiger partial charge in [-0.05, 0) is 11.6 Å². The lowest BCUT2D eigenvalue weighted by Gasteiger charge is -2.20. The summed E-state index contributed by atoms with van der Waals surface area (Å²) in [7, 11) is 0. The molecule has 1 aliphatic rings. The van der Waals surface area contributed by atoms with E-state index < -0.39 is 40.0 Å². The molecule has 0 spiro atoms. The van der Waals surface area contributed by atoms with Crippen molar-refractivity contribution < 1.29 is 17.6 Å². The molecule has 2 aromatic carbocycles. The maximum atomic E-state index is 14.1. The molecular formula is C18H10ClF4N3. The zero-order valence-corrected chi connectivity index (χ0v) is 13.8. The molecular weight excluding hydrogens is 370 g/mol. The molecule has 0 amide bonds. The van der Waals surface area contributed by atoms with Crippen molar-refractivity contribution in [2.75, 3.05) is 5.01 Å². The number of hydrogen-bond donors (Lipinski definition) is 0. The average molecular weight is 380 g/mol. The molecule has 1 aliphatic heterocycles. The second-order valence-corrected chi connectivity index (χ2v) is 5.83. The summed E-state index contributed by atoms with van der Waals surface area (Å²) in [5, 5.41) is 12.5. The van der Waals surface area contributed by atoms with E-state index in [1.165, 1.54) is 0 Å². The standard InChI is InChI=1S/C18H10ClF4N3/c19-13-14(20)16(22)18(17(23)15(13)21)26-12(9-24)8-11(25-26)7-6-10-4-2-1-3-5-10/h1-7,12H,8H2. The normalized spacial score (nSPS) is 16.8. The van der Waals surface area contributed by atoms with Crippen LogP contribution in [0.3, 0.4) is 0 Å². The molecule has 1 atom stereocenters. The molecule has 8 heteroatoms. The fourth-order valence-corrected chi connectivity index (χ4v) is 2.66. The third kappa shape index (κ3) is 3.16. The van der Waals surface area contributed by atoms with Crippen molar-refractivity contribution in [1.29, 1.82) is 5.26 Å². The Hall–Kier alpha value is -2.85. The first kappa shape index (κ1) is 18.0. The second kappa shape index (κ2) is 7.18. The lowest BCUT2D eigenvalue weighted by atomic mass is 10.1. The summed E-state index contributed by atoms with van der Waals surface area (Å²) in [6, 6.07) is 9.84. The number of nitriles is 1. The Balaban J connectivity index is 2.01. The lowest BCUT2D eigenvalue weighted by Crippen LogP contribution is -2.27. The van der Waals surface area contributed by atoms with Crippen molar-refractivity contribution in [1.82, 2.24) is 0 Å². The van der Waals surface area contributed by atoms with Gasteiger partial charge >= 0.3 is 0 Å². The van der Waals surface area contributed by atoms with E-state index in [2.05, 4.69) is 5.10 Å². The van der Waals surface area contributed by atoms with E-state index in [4.69, 9.17) is 11.6 Å². The summed E-state index contributed by atoms with van der Waals surface area (Å²) in [6.45, 7) is 0. The number of benzene rings is 2. The molecule has 0 saturated carbocycles. The quantitative estimate of drug-likeness (QED) is 0.424. The van der Waals surface area contributed by atoms with Gasteiger partial charge in [-0.25, -0.2) is 22.6 Å². The Labute approximate surface area is 151 Å². The highest BCUT2D eigenvalue weighted by Gasteiger charge is 2.35. The molecule has 1 heterocycles. The van der Waals surface area contributed by atoms with Crippen LogP contribution in [-0.4, -0.2) is 11.8 Å². The van der Waals surface area contributed by atoms with Crippen molar-refractivity contribution in [3.05, 3.63) is 70.3 Å². The maximum Gasteiger partial charge on any atom is 0.188 e. The molecule has 0 aliphatic carbocycles. The minimum Gasteiger partial charge on any atom is -0.241 e. The van der Waals surface area contributed by atoms with Crippen molar-refractivity contribution in [2.45, 2.75) is 12.5 Å². The minimum atomic E-state index is -1.74. The van der Waals surface area contributed by atoms with Gasteiger partial charge in [-0.15, -0.1) is 0 Å². The predicted octanol–water partition coefficient (Wildman–Crippen LogP) is 5.07. The lowest BCUT2D eigenvalue weighted by molar-refractivity contribution is 0.451. The number of hydrazone groups is 1. The van der Waals surface area contributed by atoms with Gasteiger partial charge in [0, 0.05) is 6.42 Å². The van der Waals surface area contributed by atoms with Crippen molar-refractivity contribution in [3.63, 3.8) is 0 Å². The zero-order valence-electron chi connectivity index (χ0n) is 13.1. The van der Waals surface area contributed by atoms with E-state index in [1.807, 2.05) is 36.4 Å². The third-order valence-corrected chi connectivity index (χ3v) is 4.10. The van der Waals surface area contributed by atoms with Crippen LogP contribution >= 0.6 is 11.6 Å². The Kier molecular flexibility index (Phi) is 4.96. The van der Waals surface area contributed by atoms with Gasteiger partial charge in [-0.3, -0.25) is 0 Å². The van der Waals surface area contributed by atoms with Gasteiger partial charge in [-0.2, -0.15) is 10.4 Å². The zero-order chi connectivity index (χ0) is 18.8. The predicted molar refractivity (Wildman–Crippen MR) is 90.7 cm³/mol. The average Bonchev–Trinajstić information content (AvgIpc) is 3.07. The Morgan fingerprint density at radius 3 is 2.23 bits per heavy atom.